The van der Waals surface area contributed by atoms with Crippen molar-refractivity contribution in [2.45, 2.75) is 57.9 Å². The SMILES string of the molecule is CC1(C(=O)O)CCN(C(=O)C2CCCCCC2N)CC1. The van der Waals surface area contributed by atoms with E-state index in [1.165, 1.54) is 0 Å². The molecule has 2 unspecified atom stereocenters. The van der Waals surface area contributed by atoms with Gasteiger partial charge in [-0.15, -0.1) is 0 Å². The van der Waals surface area contributed by atoms with E-state index < -0.39 is 11.4 Å². The van der Waals surface area contributed by atoms with Gasteiger partial charge in [0.05, 0.1) is 11.3 Å². The molecule has 1 heterocycles. The molecule has 2 aliphatic rings. The summed E-state index contributed by atoms with van der Waals surface area (Å²) >= 11 is 0. The van der Waals surface area contributed by atoms with Crippen molar-refractivity contribution in [2.24, 2.45) is 17.1 Å². The van der Waals surface area contributed by atoms with E-state index in [4.69, 9.17) is 5.73 Å². The number of hydrogen-bond donors (Lipinski definition) is 2. The number of amides is 1. The Bertz CT molecular complexity index is 375. The molecule has 2 fully saturated rings. The molecule has 114 valence electrons. The minimum atomic E-state index is -0.754. The molecule has 1 aliphatic heterocycles. The molecule has 20 heavy (non-hydrogen) atoms. The molecule has 2 atom stereocenters. The van der Waals surface area contributed by atoms with Gasteiger partial charge in [0, 0.05) is 19.1 Å². The van der Waals surface area contributed by atoms with Crippen molar-refractivity contribution >= 4 is 11.9 Å². The van der Waals surface area contributed by atoms with Crippen LogP contribution in [0.3, 0.4) is 0 Å². The van der Waals surface area contributed by atoms with Gasteiger partial charge in [-0.05, 0) is 32.6 Å². The summed E-state index contributed by atoms with van der Waals surface area (Å²) in [5, 5.41) is 9.23. The average Bonchev–Trinajstić information content (AvgIpc) is 2.63. The van der Waals surface area contributed by atoms with Crippen molar-refractivity contribution in [1.82, 2.24) is 4.90 Å². The maximum absolute atomic E-state index is 12.6. The lowest BCUT2D eigenvalue weighted by atomic mass is 9.80. The summed E-state index contributed by atoms with van der Waals surface area (Å²) < 4.78 is 0. The van der Waals surface area contributed by atoms with Gasteiger partial charge in [-0.3, -0.25) is 9.59 Å². The zero-order valence-corrected chi connectivity index (χ0v) is 12.3. The number of aliphatic carboxylic acids is 1. The van der Waals surface area contributed by atoms with E-state index in [2.05, 4.69) is 0 Å². The Balaban J connectivity index is 1.95. The number of rotatable bonds is 2. The van der Waals surface area contributed by atoms with Gasteiger partial charge in [0.25, 0.3) is 0 Å². The third-order valence-electron chi connectivity index (χ3n) is 5.08. The first-order valence-corrected chi connectivity index (χ1v) is 7.72. The fraction of sp³-hybridized carbons (Fsp3) is 0.867. The maximum Gasteiger partial charge on any atom is 0.309 e. The second kappa shape index (κ2) is 6.12. The van der Waals surface area contributed by atoms with Crippen molar-refractivity contribution in [3.8, 4) is 0 Å². The predicted octanol–water partition coefficient (Wildman–Crippen LogP) is 1.61. The Hall–Kier alpha value is -1.10. The molecule has 0 aromatic rings. The van der Waals surface area contributed by atoms with Crippen LogP contribution in [-0.2, 0) is 9.59 Å². The Morgan fingerprint density at radius 2 is 1.75 bits per heavy atom. The molecule has 0 aromatic carbocycles. The van der Waals surface area contributed by atoms with Crippen LogP contribution < -0.4 is 5.73 Å². The van der Waals surface area contributed by atoms with E-state index in [9.17, 15) is 14.7 Å². The quantitative estimate of drug-likeness (QED) is 0.754. The number of carboxylic acid groups (broad SMARTS) is 1. The van der Waals surface area contributed by atoms with E-state index in [1.54, 1.807) is 6.92 Å². The smallest absolute Gasteiger partial charge is 0.309 e. The first-order valence-electron chi connectivity index (χ1n) is 7.72. The largest absolute Gasteiger partial charge is 0.481 e. The van der Waals surface area contributed by atoms with Gasteiger partial charge in [0.1, 0.15) is 0 Å². The van der Waals surface area contributed by atoms with Crippen LogP contribution in [-0.4, -0.2) is 41.0 Å². The molecule has 5 nitrogen and oxygen atoms in total. The third-order valence-corrected chi connectivity index (χ3v) is 5.08. The molecular weight excluding hydrogens is 256 g/mol. The van der Waals surface area contributed by atoms with Crippen LogP contribution in [0, 0.1) is 11.3 Å². The topological polar surface area (TPSA) is 83.6 Å². The molecule has 1 saturated carbocycles. The molecule has 1 aliphatic carbocycles. The molecule has 0 bridgehead atoms. The van der Waals surface area contributed by atoms with Gasteiger partial charge < -0.3 is 15.7 Å². The summed E-state index contributed by atoms with van der Waals surface area (Å²) in [6.45, 7) is 2.87. The third kappa shape index (κ3) is 3.14. The number of hydrogen-bond acceptors (Lipinski definition) is 3. The fourth-order valence-corrected chi connectivity index (χ4v) is 3.31. The normalized spacial score (nSPS) is 30.6. The summed E-state index contributed by atoms with van der Waals surface area (Å²) in [6.07, 6.45) is 6.23. The summed E-state index contributed by atoms with van der Waals surface area (Å²) in [5.74, 6) is -0.672. The number of carbonyl (C=O) groups is 2. The lowest BCUT2D eigenvalue weighted by molar-refractivity contribution is -0.154. The van der Waals surface area contributed by atoms with Crippen LogP contribution in [0.1, 0.15) is 51.9 Å². The van der Waals surface area contributed by atoms with E-state index in [0.29, 0.717) is 25.9 Å². The monoisotopic (exact) mass is 282 g/mol. The Morgan fingerprint density at radius 1 is 1.15 bits per heavy atom. The molecule has 1 amide bonds. The van der Waals surface area contributed by atoms with Crippen molar-refractivity contribution in [3.05, 3.63) is 0 Å². The molecule has 1 saturated heterocycles. The lowest BCUT2D eigenvalue weighted by Gasteiger charge is -2.38. The van der Waals surface area contributed by atoms with Gasteiger partial charge in [0.2, 0.25) is 5.91 Å². The molecule has 3 N–H and O–H groups in total. The maximum atomic E-state index is 12.6. The van der Waals surface area contributed by atoms with E-state index >= 15 is 0 Å². The van der Waals surface area contributed by atoms with Crippen LogP contribution in [0.15, 0.2) is 0 Å². The van der Waals surface area contributed by atoms with Crippen molar-refractivity contribution in [1.29, 1.82) is 0 Å². The van der Waals surface area contributed by atoms with Crippen molar-refractivity contribution in [3.63, 3.8) is 0 Å². The van der Waals surface area contributed by atoms with Crippen LogP contribution in [0.5, 0.6) is 0 Å². The van der Waals surface area contributed by atoms with E-state index in [-0.39, 0.29) is 17.9 Å². The zero-order chi connectivity index (χ0) is 14.8. The average molecular weight is 282 g/mol. The highest BCUT2D eigenvalue weighted by atomic mass is 16.4. The van der Waals surface area contributed by atoms with Gasteiger partial charge in [0.15, 0.2) is 0 Å². The predicted molar refractivity (Wildman–Crippen MR) is 76.1 cm³/mol. The van der Waals surface area contributed by atoms with Crippen LogP contribution in [0.2, 0.25) is 0 Å². The highest BCUT2D eigenvalue weighted by molar-refractivity contribution is 5.80. The minimum Gasteiger partial charge on any atom is -0.481 e. The number of carbonyl (C=O) groups excluding carboxylic acids is 1. The molecule has 0 aromatic heterocycles. The number of nitrogens with zero attached hydrogens (tertiary/aromatic N) is 1. The lowest BCUT2D eigenvalue weighted by Crippen LogP contribution is -2.49. The highest BCUT2D eigenvalue weighted by Crippen LogP contribution is 2.33. The van der Waals surface area contributed by atoms with Gasteiger partial charge in [-0.25, -0.2) is 0 Å². The Morgan fingerprint density at radius 3 is 2.35 bits per heavy atom. The van der Waals surface area contributed by atoms with Gasteiger partial charge >= 0.3 is 5.97 Å². The summed E-state index contributed by atoms with van der Waals surface area (Å²) in [4.78, 5) is 25.7. The molecule has 0 radical (unpaired) electrons. The highest BCUT2D eigenvalue weighted by Gasteiger charge is 2.40. The van der Waals surface area contributed by atoms with Gasteiger partial charge in [-0.1, -0.05) is 19.3 Å². The van der Waals surface area contributed by atoms with Crippen LogP contribution in [0.4, 0.5) is 0 Å². The number of piperidine rings is 1. The van der Waals surface area contributed by atoms with Crippen molar-refractivity contribution in [2.75, 3.05) is 13.1 Å². The standard InChI is InChI=1S/C15H26N2O3/c1-15(14(19)20)7-9-17(10-8-15)13(18)11-5-3-2-4-6-12(11)16/h11-12H,2-10,16H2,1H3,(H,19,20). The molecule has 5 heteroatoms. The number of nitrogens with two attached hydrogens (primary N) is 1. The summed E-state index contributed by atoms with van der Waals surface area (Å²) in [5.41, 5.74) is 5.47. The minimum absolute atomic E-state index is 0.0298. The van der Waals surface area contributed by atoms with Crippen LogP contribution >= 0.6 is 0 Å². The van der Waals surface area contributed by atoms with E-state index in [0.717, 1.165) is 32.1 Å². The van der Waals surface area contributed by atoms with Gasteiger partial charge in [-0.2, -0.15) is 0 Å². The summed E-state index contributed by atoms with van der Waals surface area (Å²) in [7, 11) is 0. The Labute approximate surface area is 120 Å². The number of likely N-dealkylation sites (tertiary alicyclic amines) is 1. The first kappa shape index (κ1) is 15.3. The summed E-state index contributed by atoms with van der Waals surface area (Å²) in [6, 6.07) is -0.0298. The van der Waals surface area contributed by atoms with Crippen LogP contribution in [0.25, 0.3) is 0 Å². The second-order valence-corrected chi connectivity index (χ2v) is 6.60. The number of carboxylic acids is 1. The molecular formula is C15H26N2O3. The van der Waals surface area contributed by atoms with Crippen molar-refractivity contribution < 1.29 is 14.7 Å². The second-order valence-electron chi connectivity index (χ2n) is 6.60. The first-order chi connectivity index (χ1) is 9.44. The van der Waals surface area contributed by atoms with E-state index in [1.807, 2.05) is 4.90 Å². The Kier molecular flexibility index (Phi) is 4.68. The zero-order valence-electron chi connectivity index (χ0n) is 12.3. The fourth-order valence-electron chi connectivity index (χ4n) is 3.31. The molecule has 0 spiro atoms. The molecule has 2 rings (SSSR count).